The van der Waals surface area contributed by atoms with Crippen LogP contribution in [0.25, 0.3) is 0 Å². The maximum atomic E-state index is 13.8. The van der Waals surface area contributed by atoms with Crippen molar-refractivity contribution in [1.29, 1.82) is 0 Å². The Morgan fingerprint density at radius 3 is 2.07 bits per heavy atom. The molecule has 0 saturated heterocycles. The van der Waals surface area contributed by atoms with E-state index in [2.05, 4.69) is 19.1 Å². The van der Waals surface area contributed by atoms with Crippen LogP contribution in [0.4, 0.5) is 0 Å². The van der Waals surface area contributed by atoms with Crippen molar-refractivity contribution in [2.24, 2.45) is 0 Å². The van der Waals surface area contributed by atoms with Crippen LogP contribution in [0.15, 0.2) is 59.5 Å². The third kappa shape index (κ3) is 5.91. The molecule has 2 unspecified atom stereocenters. The van der Waals surface area contributed by atoms with Crippen LogP contribution in [0, 0.1) is 0 Å². The van der Waals surface area contributed by atoms with E-state index in [1.165, 1.54) is 0 Å². The molecule has 0 saturated carbocycles. The van der Waals surface area contributed by atoms with Crippen molar-refractivity contribution in [1.82, 2.24) is 0 Å². The first-order chi connectivity index (χ1) is 13.1. The Kier molecular flexibility index (Phi) is 9.02. The molecule has 0 amide bonds. The minimum Gasteiger partial charge on any atom is -0.508 e. The molecule has 0 aliphatic rings. The van der Waals surface area contributed by atoms with E-state index in [-0.39, 0.29) is 12.4 Å². The zero-order valence-electron chi connectivity index (χ0n) is 16.3. The lowest BCUT2D eigenvalue weighted by Gasteiger charge is -2.34. The van der Waals surface area contributed by atoms with Crippen LogP contribution < -0.4 is 0 Å². The first-order valence-electron chi connectivity index (χ1n) is 10.0. The van der Waals surface area contributed by atoms with Gasteiger partial charge >= 0.3 is 0 Å². The lowest BCUT2D eigenvalue weighted by molar-refractivity contribution is 0.280. The summed E-state index contributed by atoms with van der Waals surface area (Å²) in [5.74, 6) is 0.190. The molecule has 148 valence electrons. The van der Waals surface area contributed by atoms with Gasteiger partial charge in [0, 0.05) is 11.5 Å². The molecule has 0 heterocycles. The molecule has 0 fully saturated rings. The van der Waals surface area contributed by atoms with Gasteiger partial charge in [0.2, 0.25) is 0 Å². The van der Waals surface area contributed by atoms with Crippen molar-refractivity contribution >= 4 is 10.8 Å². The highest BCUT2D eigenvalue weighted by Crippen LogP contribution is 2.42. The minimum atomic E-state index is -1.22. The zero-order chi connectivity index (χ0) is 19.5. The molecular formula is C23H32O3S. The Bertz CT molecular complexity index is 685. The SMILES string of the molecule is CCCCCC(CCCCCO)(c1ccccc1)S(=O)c1ccc(O)cc1. The summed E-state index contributed by atoms with van der Waals surface area (Å²) in [7, 11) is -1.22. The largest absolute Gasteiger partial charge is 0.508 e. The number of aliphatic hydroxyl groups is 1. The van der Waals surface area contributed by atoms with Gasteiger partial charge in [-0.25, -0.2) is 0 Å². The molecule has 0 aliphatic carbocycles. The fourth-order valence-corrected chi connectivity index (χ4v) is 5.45. The van der Waals surface area contributed by atoms with Gasteiger partial charge in [-0.3, -0.25) is 4.21 Å². The second kappa shape index (κ2) is 11.3. The van der Waals surface area contributed by atoms with Gasteiger partial charge in [-0.15, -0.1) is 0 Å². The molecule has 4 heteroatoms. The maximum Gasteiger partial charge on any atom is 0.115 e. The van der Waals surface area contributed by atoms with Crippen LogP contribution in [-0.2, 0) is 15.5 Å². The van der Waals surface area contributed by atoms with E-state index in [1.807, 2.05) is 18.2 Å². The molecule has 3 nitrogen and oxygen atoms in total. The molecule has 0 radical (unpaired) electrons. The summed E-state index contributed by atoms with van der Waals surface area (Å²) in [4.78, 5) is 0.760. The smallest absolute Gasteiger partial charge is 0.115 e. The summed E-state index contributed by atoms with van der Waals surface area (Å²) in [6.07, 6.45) is 7.64. The molecule has 2 aromatic carbocycles. The highest BCUT2D eigenvalue weighted by molar-refractivity contribution is 7.86. The van der Waals surface area contributed by atoms with Gasteiger partial charge in [0.25, 0.3) is 0 Å². The molecular weight excluding hydrogens is 356 g/mol. The van der Waals surface area contributed by atoms with Crippen molar-refractivity contribution < 1.29 is 14.4 Å². The standard InChI is InChI=1S/C23H32O3S/c1-2-3-8-17-23(18-9-5-10-19-24,20-11-6-4-7-12-20)27(26)22-15-13-21(25)14-16-22/h4,6-7,11-16,24-25H,2-3,5,8-10,17-19H2,1H3. The monoisotopic (exact) mass is 388 g/mol. The number of aliphatic hydroxyl groups excluding tert-OH is 1. The van der Waals surface area contributed by atoms with Crippen LogP contribution in [0.2, 0.25) is 0 Å². The maximum absolute atomic E-state index is 13.8. The van der Waals surface area contributed by atoms with E-state index in [9.17, 15) is 9.32 Å². The number of phenolic OH excluding ortho intramolecular Hbond substituents is 1. The number of phenols is 1. The molecule has 2 atom stereocenters. The quantitative estimate of drug-likeness (QED) is 0.470. The Morgan fingerprint density at radius 2 is 1.48 bits per heavy atom. The van der Waals surface area contributed by atoms with Crippen molar-refractivity contribution in [3.05, 3.63) is 60.2 Å². The summed E-state index contributed by atoms with van der Waals surface area (Å²) in [6, 6.07) is 17.0. The summed E-state index contributed by atoms with van der Waals surface area (Å²) < 4.78 is 13.4. The Balaban J connectivity index is 2.41. The van der Waals surface area contributed by atoms with Gasteiger partial charge in [0.05, 0.1) is 15.5 Å². The van der Waals surface area contributed by atoms with Crippen LogP contribution in [0.5, 0.6) is 5.75 Å². The Hall–Kier alpha value is -1.65. The zero-order valence-corrected chi connectivity index (χ0v) is 17.1. The van der Waals surface area contributed by atoms with E-state index < -0.39 is 15.5 Å². The molecule has 2 rings (SSSR count). The third-order valence-corrected chi connectivity index (χ3v) is 7.18. The van der Waals surface area contributed by atoms with Crippen LogP contribution in [0.1, 0.15) is 63.9 Å². The molecule has 0 spiro atoms. The van der Waals surface area contributed by atoms with Gasteiger partial charge in [-0.05, 0) is 49.1 Å². The molecule has 2 N–H and O–H groups in total. The number of unbranched alkanes of at least 4 members (excludes halogenated alkanes) is 4. The number of hydrogen-bond donors (Lipinski definition) is 2. The predicted molar refractivity (Wildman–Crippen MR) is 112 cm³/mol. The van der Waals surface area contributed by atoms with E-state index in [0.717, 1.165) is 61.8 Å². The van der Waals surface area contributed by atoms with Crippen molar-refractivity contribution in [3.8, 4) is 5.75 Å². The van der Waals surface area contributed by atoms with Gasteiger partial charge in [-0.1, -0.05) is 69.4 Å². The van der Waals surface area contributed by atoms with Crippen molar-refractivity contribution in [2.75, 3.05) is 6.61 Å². The average Bonchev–Trinajstić information content (AvgIpc) is 2.71. The van der Waals surface area contributed by atoms with E-state index in [0.29, 0.717) is 0 Å². The topological polar surface area (TPSA) is 57.5 Å². The Labute approximate surface area is 165 Å². The van der Waals surface area contributed by atoms with E-state index >= 15 is 0 Å². The fraction of sp³-hybridized carbons (Fsp3) is 0.478. The summed E-state index contributed by atoms with van der Waals surface area (Å²) in [5.41, 5.74) is 1.12. The van der Waals surface area contributed by atoms with Crippen LogP contribution in [0.3, 0.4) is 0 Å². The number of aromatic hydroxyl groups is 1. The summed E-state index contributed by atoms with van der Waals surface area (Å²) >= 11 is 0. The number of benzene rings is 2. The number of hydrogen-bond acceptors (Lipinski definition) is 3. The molecule has 2 aromatic rings. The molecule has 0 bridgehead atoms. The van der Waals surface area contributed by atoms with Crippen molar-refractivity contribution in [2.45, 2.75) is 67.9 Å². The highest BCUT2D eigenvalue weighted by Gasteiger charge is 2.38. The average molecular weight is 389 g/mol. The highest BCUT2D eigenvalue weighted by atomic mass is 32.2. The van der Waals surface area contributed by atoms with Crippen LogP contribution in [-0.4, -0.2) is 21.0 Å². The summed E-state index contributed by atoms with van der Waals surface area (Å²) in [5, 5.41) is 18.7. The van der Waals surface area contributed by atoms with E-state index in [4.69, 9.17) is 5.11 Å². The van der Waals surface area contributed by atoms with Crippen LogP contribution >= 0.6 is 0 Å². The minimum absolute atomic E-state index is 0.190. The first-order valence-corrected chi connectivity index (χ1v) is 11.2. The second-order valence-corrected chi connectivity index (χ2v) is 8.90. The summed E-state index contributed by atoms with van der Waals surface area (Å²) in [6.45, 7) is 2.39. The van der Waals surface area contributed by atoms with Gasteiger partial charge in [-0.2, -0.15) is 0 Å². The fourth-order valence-electron chi connectivity index (χ4n) is 3.60. The van der Waals surface area contributed by atoms with Gasteiger partial charge < -0.3 is 10.2 Å². The van der Waals surface area contributed by atoms with Gasteiger partial charge in [0.1, 0.15) is 5.75 Å². The molecule has 0 aliphatic heterocycles. The van der Waals surface area contributed by atoms with E-state index in [1.54, 1.807) is 24.3 Å². The lowest BCUT2D eigenvalue weighted by Crippen LogP contribution is -2.32. The normalized spacial score (nSPS) is 14.6. The molecule has 0 aromatic heterocycles. The third-order valence-electron chi connectivity index (χ3n) is 5.13. The number of rotatable bonds is 12. The molecule has 27 heavy (non-hydrogen) atoms. The predicted octanol–water partition coefficient (Wildman–Crippen LogP) is 5.53. The van der Waals surface area contributed by atoms with Crippen molar-refractivity contribution in [3.63, 3.8) is 0 Å². The Morgan fingerprint density at radius 1 is 0.852 bits per heavy atom. The second-order valence-electron chi connectivity index (χ2n) is 7.11. The lowest BCUT2D eigenvalue weighted by atomic mass is 9.87. The van der Waals surface area contributed by atoms with Gasteiger partial charge in [0.15, 0.2) is 0 Å². The first kappa shape index (κ1) is 21.6.